The minimum atomic E-state index is 0.112. The Morgan fingerprint density at radius 2 is 1.95 bits per heavy atom. The van der Waals surface area contributed by atoms with Crippen LogP contribution in [0.25, 0.3) is 11.0 Å². The lowest BCUT2D eigenvalue weighted by Crippen LogP contribution is -2.46. The van der Waals surface area contributed by atoms with Gasteiger partial charge in [0.1, 0.15) is 0 Å². The van der Waals surface area contributed by atoms with E-state index < -0.39 is 0 Å². The second-order valence-electron chi connectivity index (χ2n) is 5.74. The van der Waals surface area contributed by atoms with Crippen LogP contribution >= 0.6 is 0 Å². The minimum Gasteiger partial charge on any atom is -0.336 e. The molecule has 1 aromatic heterocycles. The van der Waals surface area contributed by atoms with Crippen LogP contribution in [0, 0.1) is 0 Å². The molecule has 0 spiro atoms. The van der Waals surface area contributed by atoms with Crippen LogP contribution in [0.5, 0.6) is 0 Å². The fourth-order valence-corrected chi connectivity index (χ4v) is 3.07. The fraction of sp³-hybridized carbons (Fsp3) is 0.471. The third kappa shape index (κ3) is 3.09. The highest BCUT2D eigenvalue weighted by molar-refractivity contribution is 5.97. The fourth-order valence-electron chi connectivity index (χ4n) is 3.07. The van der Waals surface area contributed by atoms with Crippen LogP contribution in [0.3, 0.4) is 0 Å². The van der Waals surface area contributed by atoms with E-state index in [0.29, 0.717) is 11.6 Å². The van der Waals surface area contributed by atoms with Gasteiger partial charge < -0.3 is 10.2 Å². The zero-order valence-electron chi connectivity index (χ0n) is 13.0. The predicted molar refractivity (Wildman–Crippen MR) is 86.8 cm³/mol. The molecule has 5 heteroatoms. The maximum absolute atomic E-state index is 12.9. The van der Waals surface area contributed by atoms with Gasteiger partial charge in [0.05, 0.1) is 11.0 Å². The molecular weight excluding hydrogens is 276 g/mol. The summed E-state index contributed by atoms with van der Waals surface area (Å²) in [5.74, 6) is 0.112. The molecule has 1 amide bonds. The average Bonchev–Trinajstić information content (AvgIpc) is 2.59. The van der Waals surface area contributed by atoms with Crippen molar-refractivity contribution in [1.82, 2.24) is 20.2 Å². The lowest BCUT2D eigenvalue weighted by Gasteiger charge is -2.34. The Labute approximate surface area is 130 Å². The molecule has 0 radical (unpaired) electrons. The SMILES string of the molecule is CCCN(C(=O)c1ccc2nccnc2c1)C1CCNCC1. The Morgan fingerprint density at radius 1 is 1.23 bits per heavy atom. The second kappa shape index (κ2) is 6.83. The first-order valence-electron chi connectivity index (χ1n) is 8.02. The van der Waals surface area contributed by atoms with E-state index in [1.54, 1.807) is 12.4 Å². The van der Waals surface area contributed by atoms with Crippen molar-refractivity contribution >= 4 is 16.9 Å². The van der Waals surface area contributed by atoms with Crippen LogP contribution < -0.4 is 5.32 Å². The molecule has 0 bridgehead atoms. The van der Waals surface area contributed by atoms with Crippen molar-refractivity contribution in [3.63, 3.8) is 0 Å². The van der Waals surface area contributed by atoms with Crippen LogP contribution in [0.15, 0.2) is 30.6 Å². The van der Waals surface area contributed by atoms with Crippen molar-refractivity contribution in [3.05, 3.63) is 36.2 Å². The number of amides is 1. The number of carbonyl (C=O) groups excluding carboxylic acids is 1. The topological polar surface area (TPSA) is 58.1 Å². The van der Waals surface area contributed by atoms with E-state index in [-0.39, 0.29) is 5.91 Å². The third-order valence-electron chi connectivity index (χ3n) is 4.19. The van der Waals surface area contributed by atoms with Crippen LogP contribution in [0.1, 0.15) is 36.5 Å². The number of aromatic nitrogens is 2. The summed E-state index contributed by atoms with van der Waals surface area (Å²) in [7, 11) is 0. The predicted octanol–water partition coefficient (Wildman–Crippen LogP) is 2.23. The van der Waals surface area contributed by atoms with Gasteiger partial charge in [0.2, 0.25) is 0 Å². The van der Waals surface area contributed by atoms with Gasteiger partial charge in [-0.1, -0.05) is 6.92 Å². The largest absolute Gasteiger partial charge is 0.336 e. The highest BCUT2D eigenvalue weighted by atomic mass is 16.2. The standard InChI is InChI=1S/C17H22N4O/c1-2-11-21(14-5-7-18-8-6-14)17(22)13-3-4-15-16(12-13)20-10-9-19-15/h3-4,9-10,12,14,18H,2,5-8,11H2,1H3. The molecule has 0 aliphatic carbocycles. The van der Waals surface area contributed by atoms with E-state index in [0.717, 1.165) is 49.9 Å². The van der Waals surface area contributed by atoms with E-state index in [2.05, 4.69) is 22.2 Å². The Hall–Kier alpha value is -2.01. The quantitative estimate of drug-likeness (QED) is 0.940. The number of benzene rings is 1. The molecule has 1 aliphatic heterocycles. The summed E-state index contributed by atoms with van der Waals surface area (Å²) in [4.78, 5) is 23.5. The van der Waals surface area contributed by atoms with E-state index in [4.69, 9.17) is 0 Å². The molecule has 1 aliphatic rings. The highest BCUT2D eigenvalue weighted by Gasteiger charge is 2.25. The zero-order chi connectivity index (χ0) is 15.4. The Bertz CT molecular complexity index is 652. The van der Waals surface area contributed by atoms with Crippen molar-refractivity contribution in [3.8, 4) is 0 Å². The van der Waals surface area contributed by atoms with E-state index >= 15 is 0 Å². The number of nitrogens with one attached hydrogen (secondary N) is 1. The Morgan fingerprint density at radius 3 is 2.68 bits per heavy atom. The maximum Gasteiger partial charge on any atom is 0.254 e. The summed E-state index contributed by atoms with van der Waals surface area (Å²) < 4.78 is 0. The van der Waals surface area contributed by atoms with Crippen molar-refractivity contribution < 1.29 is 4.79 Å². The van der Waals surface area contributed by atoms with E-state index in [9.17, 15) is 4.79 Å². The van der Waals surface area contributed by atoms with Gasteiger partial charge in [0.25, 0.3) is 5.91 Å². The van der Waals surface area contributed by atoms with E-state index in [1.807, 2.05) is 23.1 Å². The summed E-state index contributed by atoms with van der Waals surface area (Å²) in [5, 5.41) is 3.36. The Balaban J connectivity index is 1.87. The molecule has 0 unspecified atom stereocenters. The summed E-state index contributed by atoms with van der Waals surface area (Å²) in [6.07, 6.45) is 6.36. The van der Waals surface area contributed by atoms with Crippen molar-refractivity contribution in [2.75, 3.05) is 19.6 Å². The molecule has 0 saturated carbocycles. The van der Waals surface area contributed by atoms with Gasteiger partial charge in [0, 0.05) is 30.5 Å². The number of nitrogens with zero attached hydrogens (tertiary/aromatic N) is 3. The number of fused-ring (bicyclic) bond motifs is 1. The van der Waals surface area contributed by atoms with Crippen molar-refractivity contribution in [1.29, 1.82) is 0 Å². The number of carbonyl (C=O) groups is 1. The summed E-state index contributed by atoms with van der Waals surface area (Å²) in [6, 6.07) is 5.94. The van der Waals surface area contributed by atoms with Gasteiger partial charge in [-0.05, 0) is 50.6 Å². The molecule has 1 saturated heterocycles. The molecule has 1 aromatic carbocycles. The van der Waals surface area contributed by atoms with Gasteiger partial charge in [-0.3, -0.25) is 14.8 Å². The summed E-state index contributed by atoms with van der Waals surface area (Å²) >= 11 is 0. The van der Waals surface area contributed by atoms with Crippen LogP contribution in [-0.4, -0.2) is 46.5 Å². The van der Waals surface area contributed by atoms with Gasteiger partial charge in [-0.2, -0.15) is 0 Å². The van der Waals surface area contributed by atoms with Gasteiger partial charge in [0.15, 0.2) is 0 Å². The second-order valence-corrected chi connectivity index (χ2v) is 5.74. The van der Waals surface area contributed by atoms with E-state index in [1.165, 1.54) is 0 Å². The van der Waals surface area contributed by atoms with Crippen LogP contribution in [0.4, 0.5) is 0 Å². The zero-order valence-corrected chi connectivity index (χ0v) is 13.0. The molecule has 2 heterocycles. The minimum absolute atomic E-state index is 0.112. The van der Waals surface area contributed by atoms with Gasteiger partial charge in [-0.15, -0.1) is 0 Å². The average molecular weight is 298 g/mol. The molecule has 0 atom stereocenters. The van der Waals surface area contributed by atoms with Gasteiger partial charge in [-0.25, -0.2) is 0 Å². The molecule has 5 nitrogen and oxygen atoms in total. The lowest BCUT2D eigenvalue weighted by molar-refractivity contribution is 0.0643. The first kappa shape index (κ1) is 14.9. The normalized spacial score (nSPS) is 15.9. The number of piperidine rings is 1. The number of hydrogen-bond acceptors (Lipinski definition) is 4. The smallest absolute Gasteiger partial charge is 0.254 e. The van der Waals surface area contributed by atoms with Crippen LogP contribution in [-0.2, 0) is 0 Å². The lowest BCUT2D eigenvalue weighted by atomic mass is 10.0. The molecule has 1 fully saturated rings. The summed E-state index contributed by atoms with van der Waals surface area (Å²) in [6.45, 7) is 4.90. The number of hydrogen-bond donors (Lipinski definition) is 1. The first-order chi connectivity index (χ1) is 10.8. The molecule has 1 N–H and O–H groups in total. The van der Waals surface area contributed by atoms with Crippen LogP contribution in [0.2, 0.25) is 0 Å². The molecule has 2 aromatic rings. The molecule has 3 rings (SSSR count). The Kier molecular flexibility index (Phi) is 4.63. The highest BCUT2D eigenvalue weighted by Crippen LogP contribution is 2.18. The van der Waals surface area contributed by atoms with Gasteiger partial charge >= 0.3 is 0 Å². The molecule has 22 heavy (non-hydrogen) atoms. The van der Waals surface area contributed by atoms with Crippen molar-refractivity contribution in [2.45, 2.75) is 32.2 Å². The number of rotatable bonds is 4. The summed E-state index contributed by atoms with van der Waals surface area (Å²) in [5.41, 5.74) is 2.30. The molecular formula is C17H22N4O. The monoisotopic (exact) mass is 298 g/mol. The van der Waals surface area contributed by atoms with Crippen molar-refractivity contribution in [2.24, 2.45) is 0 Å². The maximum atomic E-state index is 12.9. The third-order valence-corrected chi connectivity index (χ3v) is 4.19. The molecule has 116 valence electrons. The first-order valence-corrected chi connectivity index (χ1v) is 8.02.